The molecule has 5 rings (SSSR count). The van der Waals surface area contributed by atoms with E-state index in [0.29, 0.717) is 37.0 Å². The molecule has 1 amide bonds. The lowest BCUT2D eigenvalue weighted by Gasteiger charge is -2.24. The summed E-state index contributed by atoms with van der Waals surface area (Å²) in [5.74, 6) is 1.54. The van der Waals surface area contributed by atoms with Crippen LogP contribution in [0, 0.1) is 6.92 Å². The molecule has 1 unspecified atom stereocenters. The number of aromatic nitrogens is 2. The summed E-state index contributed by atoms with van der Waals surface area (Å²) in [4.78, 5) is 19.8. The monoisotopic (exact) mass is 414 g/mol. The fourth-order valence-corrected chi connectivity index (χ4v) is 4.55. The summed E-state index contributed by atoms with van der Waals surface area (Å²) in [6.07, 6.45) is 2.61. The second-order valence-electron chi connectivity index (χ2n) is 8.12. The van der Waals surface area contributed by atoms with Crippen LogP contribution in [0.25, 0.3) is 11.0 Å². The first-order valence-electron chi connectivity index (χ1n) is 10.7. The third-order valence-electron chi connectivity index (χ3n) is 6.12. The van der Waals surface area contributed by atoms with Gasteiger partial charge in [0.2, 0.25) is 0 Å². The quantitative estimate of drug-likeness (QED) is 0.510. The van der Waals surface area contributed by atoms with Crippen molar-refractivity contribution < 1.29 is 9.21 Å². The van der Waals surface area contributed by atoms with Crippen LogP contribution >= 0.6 is 0 Å². The van der Waals surface area contributed by atoms with E-state index in [9.17, 15) is 4.79 Å². The minimum absolute atomic E-state index is 0.106. The summed E-state index contributed by atoms with van der Waals surface area (Å²) >= 11 is 0. The van der Waals surface area contributed by atoms with Crippen molar-refractivity contribution in [3.63, 3.8) is 0 Å². The summed E-state index contributed by atoms with van der Waals surface area (Å²) < 4.78 is 7.86. The van der Waals surface area contributed by atoms with Crippen LogP contribution in [0.15, 0.2) is 65.3 Å². The number of nitrogens with one attached hydrogen (secondary N) is 1. The number of fused-ring (bicyclic) bond motifs is 2. The Balaban J connectivity index is 1.26. The third kappa shape index (κ3) is 3.58. The topological polar surface area (TPSA) is 63.3 Å². The molecule has 0 spiro atoms. The van der Waals surface area contributed by atoms with Gasteiger partial charge in [0.15, 0.2) is 0 Å². The van der Waals surface area contributed by atoms with E-state index < -0.39 is 0 Å². The van der Waals surface area contributed by atoms with Gasteiger partial charge < -0.3 is 19.2 Å². The Labute approximate surface area is 181 Å². The number of para-hydroxylation sites is 3. The van der Waals surface area contributed by atoms with E-state index in [-0.39, 0.29) is 5.91 Å². The zero-order valence-electron chi connectivity index (χ0n) is 17.8. The van der Waals surface area contributed by atoms with E-state index in [0.717, 1.165) is 23.3 Å². The van der Waals surface area contributed by atoms with Crippen molar-refractivity contribution in [2.75, 3.05) is 11.4 Å². The number of furan rings is 1. The maximum absolute atomic E-state index is 12.9. The van der Waals surface area contributed by atoms with E-state index in [1.54, 1.807) is 12.3 Å². The molecule has 0 fully saturated rings. The molecule has 1 atom stereocenters. The predicted octanol–water partition coefficient (Wildman–Crippen LogP) is 4.32. The molecule has 0 aliphatic carbocycles. The average molecular weight is 415 g/mol. The Morgan fingerprint density at radius 3 is 2.87 bits per heavy atom. The van der Waals surface area contributed by atoms with Crippen LogP contribution in [0.3, 0.4) is 0 Å². The number of amides is 1. The Morgan fingerprint density at radius 1 is 1.16 bits per heavy atom. The molecule has 0 bridgehead atoms. The molecular weight excluding hydrogens is 388 g/mol. The van der Waals surface area contributed by atoms with Crippen LogP contribution in [-0.2, 0) is 19.5 Å². The highest BCUT2D eigenvalue weighted by Gasteiger charge is 2.28. The highest BCUT2D eigenvalue weighted by molar-refractivity contribution is 5.95. The van der Waals surface area contributed by atoms with E-state index in [4.69, 9.17) is 4.42 Å². The maximum Gasteiger partial charge on any atom is 0.254 e. The lowest BCUT2D eigenvalue weighted by molar-refractivity contribution is 0.0950. The van der Waals surface area contributed by atoms with Crippen molar-refractivity contribution in [3.8, 4) is 0 Å². The molecule has 0 radical (unpaired) electrons. The summed E-state index contributed by atoms with van der Waals surface area (Å²) in [5, 5.41) is 3.04. The predicted molar refractivity (Wildman–Crippen MR) is 121 cm³/mol. The van der Waals surface area contributed by atoms with Gasteiger partial charge in [0.05, 0.1) is 29.4 Å². The van der Waals surface area contributed by atoms with Gasteiger partial charge in [-0.3, -0.25) is 4.79 Å². The zero-order chi connectivity index (χ0) is 21.4. The van der Waals surface area contributed by atoms with Gasteiger partial charge in [-0.15, -0.1) is 0 Å². The van der Waals surface area contributed by atoms with Gasteiger partial charge in [0, 0.05) is 24.8 Å². The fourth-order valence-electron chi connectivity index (χ4n) is 4.55. The summed E-state index contributed by atoms with van der Waals surface area (Å²) in [6.45, 7) is 5.97. The molecule has 1 aliphatic rings. The molecular formula is C25H26N4O2. The van der Waals surface area contributed by atoms with Gasteiger partial charge in [-0.25, -0.2) is 4.98 Å². The number of anilines is 1. The van der Waals surface area contributed by atoms with Gasteiger partial charge >= 0.3 is 0 Å². The molecule has 31 heavy (non-hydrogen) atoms. The van der Waals surface area contributed by atoms with Gasteiger partial charge in [0.1, 0.15) is 11.6 Å². The Hall–Kier alpha value is -3.54. The second kappa shape index (κ2) is 7.95. The number of benzene rings is 2. The highest BCUT2D eigenvalue weighted by Crippen LogP contribution is 2.33. The normalized spacial score (nSPS) is 15.4. The summed E-state index contributed by atoms with van der Waals surface area (Å²) in [6, 6.07) is 18.6. The maximum atomic E-state index is 12.9. The van der Waals surface area contributed by atoms with Crippen LogP contribution in [0.4, 0.5) is 5.69 Å². The number of hydrogen-bond acceptors (Lipinski definition) is 4. The highest BCUT2D eigenvalue weighted by atomic mass is 16.3. The minimum atomic E-state index is -0.106. The average Bonchev–Trinajstić information content (AvgIpc) is 3.45. The molecule has 6 nitrogen and oxygen atoms in total. The van der Waals surface area contributed by atoms with Crippen molar-refractivity contribution in [1.82, 2.24) is 14.9 Å². The van der Waals surface area contributed by atoms with Crippen LogP contribution in [0.5, 0.6) is 0 Å². The molecule has 3 heterocycles. The first-order valence-corrected chi connectivity index (χ1v) is 10.7. The molecule has 0 saturated carbocycles. The van der Waals surface area contributed by atoms with Crippen molar-refractivity contribution in [3.05, 3.63) is 83.6 Å². The number of carbonyl (C=O) groups excluding carboxylic acids is 1. The third-order valence-corrected chi connectivity index (χ3v) is 6.12. The molecule has 4 aromatic rings. The molecule has 6 heteroatoms. The van der Waals surface area contributed by atoms with Gasteiger partial charge in [-0.2, -0.15) is 0 Å². The lowest BCUT2D eigenvalue weighted by Crippen LogP contribution is -2.31. The van der Waals surface area contributed by atoms with Crippen molar-refractivity contribution >= 4 is 22.6 Å². The molecule has 1 N–H and O–H groups in total. The number of rotatable bonds is 6. The SMILES string of the molecule is Cc1nc2ccccc2n1CCNC(=O)c1ccoc1CN1c2ccccc2CC1C. The first-order chi connectivity index (χ1) is 15.1. The van der Waals surface area contributed by atoms with Crippen LogP contribution in [0.2, 0.25) is 0 Å². The van der Waals surface area contributed by atoms with Gasteiger partial charge in [-0.05, 0) is 50.1 Å². The molecule has 2 aromatic heterocycles. The van der Waals surface area contributed by atoms with Crippen molar-refractivity contribution in [2.24, 2.45) is 0 Å². The van der Waals surface area contributed by atoms with Crippen LogP contribution in [0.1, 0.15) is 34.4 Å². The van der Waals surface area contributed by atoms with E-state index >= 15 is 0 Å². The summed E-state index contributed by atoms with van der Waals surface area (Å²) in [7, 11) is 0. The van der Waals surface area contributed by atoms with E-state index in [1.807, 2.05) is 25.1 Å². The van der Waals surface area contributed by atoms with Gasteiger partial charge in [-0.1, -0.05) is 30.3 Å². The number of carbonyl (C=O) groups is 1. The Kier molecular flexibility index (Phi) is 4.98. The van der Waals surface area contributed by atoms with E-state index in [1.165, 1.54) is 11.3 Å². The molecule has 0 saturated heterocycles. The van der Waals surface area contributed by atoms with Crippen molar-refractivity contribution in [1.29, 1.82) is 0 Å². The molecule has 2 aromatic carbocycles. The number of nitrogens with zero attached hydrogens (tertiary/aromatic N) is 3. The number of hydrogen-bond donors (Lipinski definition) is 1. The molecule has 158 valence electrons. The van der Waals surface area contributed by atoms with Crippen LogP contribution < -0.4 is 10.2 Å². The van der Waals surface area contributed by atoms with Crippen LogP contribution in [-0.4, -0.2) is 28.0 Å². The standard InChI is InChI=1S/C25H26N4O2/c1-17-15-19-7-3-5-9-22(19)29(17)16-24-20(11-14-31-24)25(30)26-12-13-28-18(2)27-21-8-4-6-10-23(21)28/h3-11,14,17H,12-13,15-16H2,1-2H3,(H,26,30). The van der Waals surface area contributed by atoms with Crippen molar-refractivity contribution in [2.45, 2.75) is 39.4 Å². The first kappa shape index (κ1) is 19.4. The molecule has 1 aliphatic heterocycles. The minimum Gasteiger partial charge on any atom is -0.467 e. The largest absolute Gasteiger partial charge is 0.467 e. The number of imidazole rings is 1. The fraction of sp³-hybridized carbons (Fsp3) is 0.280. The smallest absolute Gasteiger partial charge is 0.254 e. The van der Waals surface area contributed by atoms with Gasteiger partial charge in [0.25, 0.3) is 5.91 Å². The van der Waals surface area contributed by atoms with E-state index in [2.05, 4.69) is 57.0 Å². The second-order valence-corrected chi connectivity index (χ2v) is 8.12. The summed E-state index contributed by atoms with van der Waals surface area (Å²) in [5.41, 5.74) is 5.22. The lowest BCUT2D eigenvalue weighted by atomic mass is 10.1. The Morgan fingerprint density at radius 2 is 1.97 bits per heavy atom. The Bertz CT molecular complexity index is 1240. The number of aryl methyl sites for hydroxylation is 1. The zero-order valence-corrected chi connectivity index (χ0v) is 17.8.